The summed E-state index contributed by atoms with van der Waals surface area (Å²) in [6, 6.07) is 18.7. The molecule has 4 heterocycles. The van der Waals surface area contributed by atoms with E-state index in [4.69, 9.17) is 4.74 Å². The molecule has 0 amide bonds. The summed E-state index contributed by atoms with van der Waals surface area (Å²) in [4.78, 5) is 13.7. The van der Waals surface area contributed by atoms with E-state index in [-0.39, 0.29) is 17.9 Å². The van der Waals surface area contributed by atoms with Gasteiger partial charge in [-0.05, 0) is 59.7 Å². The first-order valence-corrected chi connectivity index (χ1v) is 12.0. The Morgan fingerprint density at radius 2 is 1.43 bits per heavy atom. The van der Waals surface area contributed by atoms with Gasteiger partial charge in [-0.3, -0.25) is 15.0 Å². The summed E-state index contributed by atoms with van der Waals surface area (Å²) in [5, 5.41) is 0. The van der Waals surface area contributed by atoms with Gasteiger partial charge in [0.05, 0.1) is 17.3 Å². The number of pyridine rings is 2. The highest BCUT2D eigenvalue weighted by atomic mass is 16.5. The van der Waals surface area contributed by atoms with Crippen molar-refractivity contribution in [2.45, 2.75) is 6.10 Å². The van der Waals surface area contributed by atoms with Crippen molar-refractivity contribution in [1.82, 2.24) is 9.97 Å². The van der Waals surface area contributed by atoms with Crippen LogP contribution in [0.25, 0.3) is 28.1 Å². The topological polar surface area (TPSA) is 47.4 Å². The quantitative estimate of drug-likeness (QED) is 0.459. The molecular weight excluding hydrogens is 430 g/mol. The normalized spacial score (nSPS) is 25.5. The number of ether oxygens (including phenoxy) is 1. The number of aliphatic imine (C=N–C) groups is 1. The number of allylic oxidation sites excluding steroid dienone is 6. The Kier molecular flexibility index (Phi) is 4.69. The van der Waals surface area contributed by atoms with Crippen LogP contribution in [0.5, 0.6) is 0 Å². The van der Waals surface area contributed by atoms with Gasteiger partial charge in [0.1, 0.15) is 11.9 Å². The first-order valence-electron chi connectivity index (χ1n) is 12.0. The van der Waals surface area contributed by atoms with Crippen molar-refractivity contribution in [3.05, 3.63) is 127 Å². The maximum atomic E-state index is 6.62. The van der Waals surface area contributed by atoms with E-state index in [1.807, 2.05) is 61.2 Å². The van der Waals surface area contributed by atoms with Crippen molar-refractivity contribution in [3.63, 3.8) is 0 Å². The molecule has 168 valence electrons. The minimum atomic E-state index is -0.00631. The maximum Gasteiger partial charge on any atom is 0.130 e. The summed E-state index contributed by atoms with van der Waals surface area (Å²) in [6.07, 6.45) is 20.9. The van der Waals surface area contributed by atoms with E-state index in [2.05, 4.69) is 69.6 Å². The lowest BCUT2D eigenvalue weighted by atomic mass is 9.71. The second-order valence-electron chi connectivity index (χ2n) is 9.21. The van der Waals surface area contributed by atoms with Crippen molar-refractivity contribution in [1.29, 1.82) is 0 Å². The summed E-state index contributed by atoms with van der Waals surface area (Å²) in [6.45, 7) is 0. The molecule has 3 unspecified atom stereocenters. The monoisotopic (exact) mass is 453 g/mol. The lowest BCUT2D eigenvalue weighted by Gasteiger charge is -2.30. The lowest BCUT2D eigenvalue weighted by Crippen LogP contribution is -2.26. The van der Waals surface area contributed by atoms with Crippen LogP contribution in [0.3, 0.4) is 0 Å². The fourth-order valence-electron chi connectivity index (χ4n) is 5.54. The molecule has 0 bridgehead atoms. The highest BCUT2D eigenvalue weighted by Gasteiger charge is 2.44. The van der Waals surface area contributed by atoms with Crippen LogP contribution in [-0.4, -0.2) is 22.3 Å². The zero-order valence-corrected chi connectivity index (χ0v) is 19.0. The van der Waals surface area contributed by atoms with Crippen LogP contribution in [0.4, 0.5) is 0 Å². The van der Waals surface area contributed by atoms with E-state index in [0.29, 0.717) is 5.92 Å². The van der Waals surface area contributed by atoms with Gasteiger partial charge in [-0.25, -0.2) is 0 Å². The second kappa shape index (κ2) is 8.17. The molecule has 0 saturated carbocycles. The van der Waals surface area contributed by atoms with Crippen LogP contribution in [0.2, 0.25) is 0 Å². The molecule has 35 heavy (non-hydrogen) atoms. The molecule has 4 heteroatoms. The predicted molar refractivity (Wildman–Crippen MR) is 139 cm³/mol. The Balaban J connectivity index is 1.43. The smallest absolute Gasteiger partial charge is 0.130 e. The van der Waals surface area contributed by atoms with Gasteiger partial charge in [0.15, 0.2) is 0 Å². The minimum absolute atomic E-state index is 0.00631. The SMILES string of the molecule is C1=CC2C3=C(OC4C=CN=CC34)C(c3cc(-c4ccccn4)cc(-c4ccccn4)c3)=C[C@H]2C=C1. The second-order valence-corrected chi connectivity index (χ2v) is 9.21. The number of aromatic nitrogens is 2. The highest BCUT2D eigenvalue weighted by Crippen LogP contribution is 2.50. The first kappa shape index (κ1) is 20.1. The van der Waals surface area contributed by atoms with Gasteiger partial charge in [0.2, 0.25) is 0 Å². The Hall–Kier alpha value is -4.31. The Labute approximate surface area is 204 Å². The van der Waals surface area contributed by atoms with Crippen LogP contribution in [0.15, 0.2) is 126 Å². The summed E-state index contributed by atoms with van der Waals surface area (Å²) >= 11 is 0. The number of fused-ring (bicyclic) bond motifs is 4. The molecule has 4 aliphatic rings. The Morgan fingerprint density at radius 1 is 0.714 bits per heavy atom. The molecule has 0 saturated heterocycles. The van der Waals surface area contributed by atoms with E-state index < -0.39 is 0 Å². The van der Waals surface area contributed by atoms with Crippen molar-refractivity contribution in [3.8, 4) is 22.5 Å². The van der Waals surface area contributed by atoms with E-state index in [1.165, 1.54) is 5.57 Å². The standard InChI is InChI=1S/C31H23N3O/c1-2-8-24-20(7-1)18-25(31-30(24)26-19-32-14-11-29(26)35-31)21-15-22(27-9-3-5-12-33-27)17-23(16-21)28-10-4-6-13-34-28/h1-20,24,26,29H/t20-,24?,26?,29?/m1/s1. The highest BCUT2D eigenvalue weighted by molar-refractivity contribution is 5.88. The van der Waals surface area contributed by atoms with Gasteiger partial charge in [0.25, 0.3) is 0 Å². The zero-order chi connectivity index (χ0) is 23.2. The number of rotatable bonds is 3. The molecule has 2 aromatic heterocycles. The molecule has 0 radical (unpaired) electrons. The maximum absolute atomic E-state index is 6.62. The summed E-state index contributed by atoms with van der Waals surface area (Å²) in [7, 11) is 0. The fourth-order valence-corrected chi connectivity index (χ4v) is 5.54. The van der Waals surface area contributed by atoms with Gasteiger partial charge in [0, 0.05) is 53.3 Å². The molecule has 3 aromatic rings. The molecule has 4 atom stereocenters. The molecule has 0 fully saturated rings. The third kappa shape index (κ3) is 3.41. The summed E-state index contributed by atoms with van der Waals surface area (Å²) in [5.74, 6) is 1.73. The first-order chi connectivity index (χ1) is 17.3. The molecule has 2 aliphatic heterocycles. The third-order valence-corrected chi connectivity index (χ3v) is 7.14. The van der Waals surface area contributed by atoms with Gasteiger partial charge in [-0.2, -0.15) is 0 Å². The lowest BCUT2D eigenvalue weighted by molar-refractivity contribution is 0.181. The predicted octanol–water partition coefficient (Wildman–Crippen LogP) is 6.43. The van der Waals surface area contributed by atoms with Gasteiger partial charge >= 0.3 is 0 Å². The zero-order valence-electron chi connectivity index (χ0n) is 19.0. The van der Waals surface area contributed by atoms with Crippen LogP contribution in [0.1, 0.15) is 5.56 Å². The summed E-state index contributed by atoms with van der Waals surface area (Å²) in [5.41, 5.74) is 7.57. The average Bonchev–Trinajstić information content (AvgIpc) is 3.33. The molecule has 0 spiro atoms. The van der Waals surface area contributed by atoms with Gasteiger partial charge in [-0.15, -0.1) is 0 Å². The van der Waals surface area contributed by atoms with E-state index >= 15 is 0 Å². The molecule has 7 rings (SSSR count). The van der Waals surface area contributed by atoms with Gasteiger partial charge < -0.3 is 4.74 Å². The molecule has 4 nitrogen and oxygen atoms in total. The largest absolute Gasteiger partial charge is 0.485 e. The van der Waals surface area contributed by atoms with Crippen LogP contribution in [-0.2, 0) is 4.74 Å². The van der Waals surface area contributed by atoms with Crippen molar-refractivity contribution in [2.75, 3.05) is 0 Å². The molecular formula is C31H23N3O. The Bertz CT molecular complexity index is 1420. The fraction of sp³-hybridized carbons (Fsp3) is 0.129. The van der Waals surface area contributed by atoms with Crippen molar-refractivity contribution in [2.24, 2.45) is 22.7 Å². The van der Waals surface area contributed by atoms with E-state index in [9.17, 15) is 0 Å². The van der Waals surface area contributed by atoms with E-state index in [1.54, 1.807) is 0 Å². The number of benzene rings is 1. The van der Waals surface area contributed by atoms with Crippen LogP contribution in [0, 0.1) is 17.8 Å². The average molecular weight is 454 g/mol. The Morgan fingerprint density at radius 3 is 2.14 bits per heavy atom. The number of nitrogens with zero attached hydrogens (tertiary/aromatic N) is 3. The number of hydrogen-bond acceptors (Lipinski definition) is 4. The summed E-state index contributed by atoms with van der Waals surface area (Å²) < 4.78 is 6.62. The third-order valence-electron chi connectivity index (χ3n) is 7.14. The molecule has 2 aliphatic carbocycles. The van der Waals surface area contributed by atoms with Crippen LogP contribution < -0.4 is 0 Å². The minimum Gasteiger partial charge on any atom is -0.485 e. The molecule has 1 aromatic carbocycles. The molecule has 0 N–H and O–H groups in total. The van der Waals surface area contributed by atoms with Crippen LogP contribution >= 0.6 is 0 Å². The van der Waals surface area contributed by atoms with Crippen molar-refractivity contribution >= 4 is 11.8 Å². The van der Waals surface area contributed by atoms with Gasteiger partial charge in [-0.1, -0.05) is 42.5 Å². The van der Waals surface area contributed by atoms with E-state index in [0.717, 1.165) is 39.4 Å². The van der Waals surface area contributed by atoms with Crippen molar-refractivity contribution < 1.29 is 4.74 Å². The number of hydrogen-bond donors (Lipinski definition) is 0.